The zero-order valence-corrected chi connectivity index (χ0v) is 17.9. The third-order valence-electron chi connectivity index (χ3n) is 5.16. The quantitative estimate of drug-likeness (QED) is 0.338. The molecule has 5 heteroatoms. The van der Waals surface area contributed by atoms with Gasteiger partial charge in [-0.3, -0.25) is 4.79 Å². The van der Waals surface area contributed by atoms with Gasteiger partial charge in [0.1, 0.15) is 5.69 Å². The van der Waals surface area contributed by atoms with E-state index in [4.69, 9.17) is 16.6 Å². The molecule has 0 aliphatic rings. The van der Waals surface area contributed by atoms with Gasteiger partial charge in [0.05, 0.1) is 5.69 Å². The van der Waals surface area contributed by atoms with E-state index in [1.54, 1.807) is 0 Å². The van der Waals surface area contributed by atoms with Gasteiger partial charge in [-0.05, 0) is 61.4 Å². The van der Waals surface area contributed by atoms with Crippen LogP contribution in [0.1, 0.15) is 16.9 Å². The highest BCUT2D eigenvalue weighted by atomic mass is 35.5. The summed E-state index contributed by atoms with van der Waals surface area (Å²) in [6.45, 7) is 1.54. The number of benzene rings is 3. The van der Waals surface area contributed by atoms with Crippen molar-refractivity contribution in [3.8, 4) is 11.3 Å². The van der Waals surface area contributed by atoms with Crippen molar-refractivity contribution in [3.63, 3.8) is 0 Å². The number of hydrogen-bond acceptors (Lipinski definition) is 3. The normalized spacial score (nSPS) is 11.3. The van der Waals surface area contributed by atoms with Crippen LogP contribution in [-0.2, 0) is 0 Å². The first kappa shape index (κ1) is 20.3. The minimum atomic E-state index is -0.154. The summed E-state index contributed by atoms with van der Waals surface area (Å²) in [7, 11) is 4.05. The van der Waals surface area contributed by atoms with E-state index in [0.717, 1.165) is 45.8 Å². The van der Waals surface area contributed by atoms with E-state index in [9.17, 15) is 4.79 Å². The molecule has 3 aromatic carbocycles. The predicted molar refractivity (Wildman–Crippen MR) is 125 cm³/mol. The molecule has 0 fully saturated rings. The van der Waals surface area contributed by atoms with E-state index in [-0.39, 0.29) is 5.91 Å². The summed E-state index contributed by atoms with van der Waals surface area (Å²) in [5, 5.41) is 7.95. The maximum Gasteiger partial charge on any atom is 0.269 e. The molecule has 0 saturated carbocycles. The number of rotatable bonds is 6. The lowest BCUT2D eigenvalue weighted by Gasteiger charge is -2.13. The molecular weight excluding hydrogens is 394 g/mol. The minimum Gasteiger partial charge on any atom is -0.351 e. The zero-order valence-electron chi connectivity index (χ0n) is 17.2. The van der Waals surface area contributed by atoms with Crippen LogP contribution in [-0.4, -0.2) is 43.0 Å². The van der Waals surface area contributed by atoms with Gasteiger partial charge < -0.3 is 10.2 Å². The molecule has 0 atom stereocenters. The maximum atomic E-state index is 12.9. The number of hydrogen-bond donors (Lipinski definition) is 1. The van der Waals surface area contributed by atoms with E-state index in [1.807, 2.05) is 56.6 Å². The van der Waals surface area contributed by atoms with Gasteiger partial charge in [0.25, 0.3) is 5.91 Å². The third kappa shape index (κ3) is 4.30. The first-order valence-electron chi connectivity index (χ1n) is 10.0. The van der Waals surface area contributed by atoms with Crippen molar-refractivity contribution in [2.75, 3.05) is 27.2 Å². The fourth-order valence-electron chi connectivity index (χ4n) is 3.64. The number of halogens is 1. The Labute approximate surface area is 181 Å². The van der Waals surface area contributed by atoms with Gasteiger partial charge in [-0.1, -0.05) is 60.1 Å². The van der Waals surface area contributed by atoms with E-state index in [2.05, 4.69) is 34.5 Å². The largest absolute Gasteiger partial charge is 0.351 e. The van der Waals surface area contributed by atoms with Crippen LogP contribution >= 0.6 is 11.6 Å². The summed E-state index contributed by atoms with van der Waals surface area (Å²) < 4.78 is 0. The fourth-order valence-corrected chi connectivity index (χ4v) is 3.77. The van der Waals surface area contributed by atoms with Crippen molar-refractivity contribution in [1.29, 1.82) is 0 Å². The highest BCUT2D eigenvalue weighted by molar-refractivity contribution is 6.30. The van der Waals surface area contributed by atoms with Crippen LogP contribution < -0.4 is 5.32 Å². The molecule has 4 nitrogen and oxygen atoms in total. The van der Waals surface area contributed by atoms with E-state index in [0.29, 0.717) is 17.3 Å². The average molecular weight is 418 g/mol. The number of aromatic nitrogens is 1. The Kier molecular flexibility index (Phi) is 5.98. The summed E-state index contributed by atoms with van der Waals surface area (Å²) >= 11 is 6.08. The maximum absolute atomic E-state index is 12.9. The van der Waals surface area contributed by atoms with Crippen LogP contribution in [0.5, 0.6) is 0 Å². The molecule has 4 aromatic rings. The van der Waals surface area contributed by atoms with Gasteiger partial charge in [-0.15, -0.1) is 0 Å². The molecule has 0 radical (unpaired) electrons. The molecule has 1 amide bonds. The SMILES string of the molecule is CN(C)CCCNC(=O)c1cc2c(ccc3ccccc32)c(-c2ccc(Cl)cc2)n1. The first-order valence-corrected chi connectivity index (χ1v) is 10.4. The fraction of sp³-hybridized carbons (Fsp3) is 0.200. The van der Waals surface area contributed by atoms with Crippen LogP contribution in [0.25, 0.3) is 32.8 Å². The molecule has 0 spiro atoms. The second-order valence-electron chi connectivity index (χ2n) is 7.66. The van der Waals surface area contributed by atoms with Crippen molar-refractivity contribution in [3.05, 3.63) is 77.4 Å². The predicted octanol–water partition coefficient (Wildman–Crippen LogP) is 5.39. The van der Waals surface area contributed by atoms with Crippen LogP contribution in [0.3, 0.4) is 0 Å². The van der Waals surface area contributed by atoms with Crippen molar-refractivity contribution in [2.24, 2.45) is 0 Å². The summed E-state index contributed by atoms with van der Waals surface area (Å²) in [6, 6.07) is 21.9. The number of nitrogens with one attached hydrogen (secondary N) is 1. The summed E-state index contributed by atoms with van der Waals surface area (Å²) in [4.78, 5) is 19.8. The zero-order chi connectivity index (χ0) is 21.1. The van der Waals surface area contributed by atoms with Crippen LogP contribution in [0.2, 0.25) is 5.02 Å². The van der Waals surface area contributed by atoms with Crippen LogP contribution in [0, 0.1) is 0 Å². The number of nitrogens with zero attached hydrogens (tertiary/aromatic N) is 2. The molecule has 1 heterocycles. The highest BCUT2D eigenvalue weighted by Gasteiger charge is 2.15. The van der Waals surface area contributed by atoms with Gasteiger partial charge in [0.15, 0.2) is 0 Å². The first-order chi connectivity index (χ1) is 14.5. The standard InChI is InChI=1S/C25H24ClN3O/c1-29(2)15-5-14-27-25(30)23-16-22-20-7-4-3-6-17(20)10-13-21(22)24(28-23)18-8-11-19(26)12-9-18/h3-4,6-13,16H,5,14-15H2,1-2H3,(H,27,30). The minimum absolute atomic E-state index is 0.154. The summed E-state index contributed by atoms with van der Waals surface area (Å²) in [6.07, 6.45) is 0.888. The summed E-state index contributed by atoms with van der Waals surface area (Å²) in [5.41, 5.74) is 2.14. The van der Waals surface area contributed by atoms with Crippen molar-refractivity contribution < 1.29 is 4.79 Å². The Balaban J connectivity index is 1.81. The van der Waals surface area contributed by atoms with E-state index < -0.39 is 0 Å². The highest BCUT2D eigenvalue weighted by Crippen LogP contribution is 2.33. The second-order valence-corrected chi connectivity index (χ2v) is 8.09. The number of carbonyl (C=O) groups is 1. The lowest BCUT2D eigenvalue weighted by molar-refractivity contribution is 0.0947. The van der Waals surface area contributed by atoms with Gasteiger partial charge >= 0.3 is 0 Å². The number of pyridine rings is 1. The van der Waals surface area contributed by atoms with Gasteiger partial charge in [0.2, 0.25) is 0 Å². The lowest BCUT2D eigenvalue weighted by Crippen LogP contribution is -2.27. The molecule has 152 valence electrons. The van der Waals surface area contributed by atoms with Gasteiger partial charge in [-0.25, -0.2) is 4.98 Å². The Bertz CT molecular complexity index is 1200. The van der Waals surface area contributed by atoms with Crippen molar-refractivity contribution in [2.45, 2.75) is 6.42 Å². The molecule has 0 unspecified atom stereocenters. The van der Waals surface area contributed by atoms with Crippen molar-refractivity contribution in [1.82, 2.24) is 15.2 Å². The Morgan fingerprint density at radius 3 is 2.50 bits per heavy atom. The molecule has 4 rings (SSSR count). The molecule has 0 saturated heterocycles. The van der Waals surface area contributed by atoms with E-state index in [1.165, 1.54) is 0 Å². The Morgan fingerprint density at radius 1 is 0.967 bits per heavy atom. The Hall–Kier alpha value is -2.95. The molecule has 0 bridgehead atoms. The molecule has 0 aliphatic carbocycles. The van der Waals surface area contributed by atoms with E-state index >= 15 is 0 Å². The smallest absolute Gasteiger partial charge is 0.269 e. The van der Waals surface area contributed by atoms with Crippen molar-refractivity contribution >= 4 is 39.1 Å². The molecule has 30 heavy (non-hydrogen) atoms. The molecule has 1 N–H and O–H groups in total. The average Bonchev–Trinajstić information content (AvgIpc) is 2.76. The number of carbonyl (C=O) groups excluding carboxylic acids is 1. The molecule has 1 aromatic heterocycles. The molecular formula is C25H24ClN3O. The molecule has 0 aliphatic heterocycles. The van der Waals surface area contributed by atoms with Crippen LogP contribution in [0.15, 0.2) is 66.7 Å². The van der Waals surface area contributed by atoms with Crippen LogP contribution in [0.4, 0.5) is 0 Å². The number of amides is 1. The second kappa shape index (κ2) is 8.82. The van der Waals surface area contributed by atoms with Gasteiger partial charge in [0, 0.05) is 22.5 Å². The number of fused-ring (bicyclic) bond motifs is 3. The Morgan fingerprint density at radius 2 is 1.73 bits per heavy atom. The van der Waals surface area contributed by atoms with Gasteiger partial charge in [-0.2, -0.15) is 0 Å². The lowest BCUT2D eigenvalue weighted by atomic mass is 9.98. The monoisotopic (exact) mass is 417 g/mol. The topological polar surface area (TPSA) is 45.2 Å². The summed E-state index contributed by atoms with van der Waals surface area (Å²) in [5.74, 6) is -0.154. The third-order valence-corrected chi connectivity index (χ3v) is 5.41.